The van der Waals surface area contributed by atoms with Gasteiger partial charge in [-0.05, 0) is 53.8 Å². The third-order valence-corrected chi connectivity index (χ3v) is 5.96. The van der Waals surface area contributed by atoms with E-state index in [1.807, 2.05) is 36.4 Å². The molecule has 0 radical (unpaired) electrons. The van der Waals surface area contributed by atoms with Crippen molar-refractivity contribution >= 4 is 34.2 Å². The molecular formula is C27H31ClN2O2. The number of rotatable bonds is 10. The second kappa shape index (κ2) is 11.7. The fourth-order valence-corrected chi connectivity index (χ4v) is 4.06. The smallest absolute Gasteiger partial charge is 0.242 e. The molecule has 0 saturated carbocycles. The molecule has 4 nitrogen and oxygen atoms in total. The molecule has 0 heterocycles. The molecule has 0 fully saturated rings. The predicted molar refractivity (Wildman–Crippen MR) is 132 cm³/mol. The van der Waals surface area contributed by atoms with Gasteiger partial charge in [-0.1, -0.05) is 79.5 Å². The van der Waals surface area contributed by atoms with Crippen LogP contribution in [-0.4, -0.2) is 29.3 Å². The zero-order valence-electron chi connectivity index (χ0n) is 18.8. The zero-order chi connectivity index (χ0) is 22.9. The molecule has 0 aliphatic heterocycles. The number of aryl methyl sites for hydroxylation is 1. The summed E-state index contributed by atoms with van der Waals surface area (Å²) >= 11 is 6.15. The molecule has 0 aliphatic rings. The summed E-state index contributed by atoms with van der Waals surface area (Å²) < 4.78 is 0. The first-order valence-electron chi connectivity index (χ1n) is 11.3. The number of hydrogen-bond donors (Lipinski definition) is 1. The summed E-state index contributed by atoms with van der Waals surface area (Å²) in [5, 5.41) is 5.90. The lowest BCUT2D eigenvalue weighted by Crippen LogP contribution is -2.47. The Bertz CT molecular complexity index is 1060. The van der Waals surface area contributed by atoms with E-state index >= 15 is 0 Å². The number of carbonyl (C=O) groups excluding carboxylic acids is 2. The van der Waals surface area contributed by atoms with E-state index in [1.165, 1.54) is 0 Å². The standard InChI is InChI=1S/C27H31ClN2O2/c1-3-4-17-29-27(32)20(2)30(19-21-9-7-13-24(28)18-21)26(31)16-15-23-12-8-11-22-10-5-6-14-25(22)23/h5-14,18,20H,3-4,15-17,19H2,1-2H3,(H,29,32). The molecule has 3 rings (SSSR count). The fraction of sp³-hybridized carbons (Fsp3) is 0.333. The van der Waals surface area contributed by atoms with Gasteiger partial charge < -0.3 is 10.2 Å². The largest absolute Gasteiger partial charge is 0.354 e. The molecule has 2 amide bonds. The summed E-state index contributed by atoms with van der Waals surface area (Å²) in [6.45, 7) is 4.84. The van der Waals surface area contributed by atoms with E-state index in [1.54, 1.807) is 17.9 Å². The Kier molecular flexibility index (Phi) is 8.69. The molecule has 0 saturated heterocycles. The molecular weight excluding hydrogens is 420 g/mol. The van der Waals surface area contributed by atoms with Crippen molar-refractivity contribution in [2.45, 2.75) is 52.1 Å². The van der Waals surface area contributed by atoms with Crippen molar-refractivity contribution in [3.05, 3.63) is 82.9 Å². The van der Waals surface area contributed by atoms with Crippen molar-refractivity contribution < 1.29 is 9.59 Å². The summed E-state index contributed by atoms with van der Waals surface area (Å²) in [7, 11) is 0. The number of benzene rings is 3. The average molecular weight is 451 g/mol. The normalized spacial score (nSPS) is 11.8. The summed E-state index contributed by atoms with van der Waals surface area (Å²) in [5.41, 5.74) is 2.04. The maximum atomic E-state index is 13.3. The number of halogens is 1. The molecule has 0 aliphatic carbocycles. The first-order valence-corrected chi connectivity index (χ1v) is 11.7. The van der Waals surface area contributed by atoms with Crippen LogP contribution in [0.3, 0.4) is 0 Å². The Morgan fingerprint density at radius 2 is 1.78 bits per heavy atom. The minimum atomic E-state index is -0.564. The van der Waals surface area contributed by atoms with Crippen molar-refractivity contribution in [1.82, 2.24) is 10.2 Å². The van der Waals surface area contributed by atoms with Gasteiger partial charge in [-0.3, -0.25) is 9.59 Å². The lowest BCUT2D eigenvalue weighted by Gasteiger charge is -2.29. The van der Waals surface area contributed by atoms with Crippen LogP contribution in [0.5, 0.6) is 0 Å². The van der Waals surface area contributed by atoms with Crippen LogP contribution in [0.15, 0.2) is 66.7 Å². The van der Waals surface area contributed by atoms with Gasteiger partial charge in [-0.15, -0.1) is 0 Å². The molecule has 0 bridgehead atoms. The monoisotopic (exact) mass is 450 g/mol. The van der Waals surface area contributed by atoms with E-state index in [2.05, 4.69) is 36.5 Å². The van der Waals surface area contributed by atoms with Crippen molar-refractivity contribution in [3.8, 4) is 0 Å². The van der Waals surface area contributed by atoms with Crippen LogP contribution in [0.4, 0.5) is 0 Å². The number of unbranched alkanes of at least 4 members (excludes halogenated alkanes) is 1. The van der Waals surface area contributed by atoms with Crippen LogP contribution in [0, 0.1) is 0 Å². The van der Waals surface area contributed by atoms with Crippen molar-refractivity contribution in [3.63, 3.8) is 0 Å². The maximum absolute atomic E-state index is 13.3. The molecule has 5 heteroatoms. The summed E-state index contributed by atoms with van der Waals surface area (Å²) in [4.78, 5) is 27.7. The SMILES string of the molecule is CCCCNC(=O)C(C)N(Cc1cccc(Cl)c1)C(=O)CCc1cccc2ccccc12. The first-order chi connectivity index (χ1) is 15.5. The Balaban J connectivity index is 1.76. The molecule has 3 aromatic carbocycles. The number of amides is 2. The van der Waals surface area contributed by atoms with Crippen LogP contribution in [0.1, 0.15) is 44.2 Å². The zero-order valence-corrected chi connectivity index (χ0v) is 19.6. The number of nitrogens with one attached hydrogen (secondary N) is 1. The maximum Gasteiger partial charge on any atom is 0.242 e. The summed E-state index contributed by atoms with van der Waals surface area (Å²) in [5.74, 6) is -0.171. The Labute approximate surface area is 195 Å². The highest BCUT2D eigenvalue weighted by atomic mass is 35.5. The minimum Gasteiger partial charge on any atom is -0.354 e. The van der Waals surface area contributed by atoms with Gasteiger partial charge >= 0.3 is 0 Å². The van der Waals surface area contributed by atoms with Crippen LogP contribution >= 0.6 is 11.6 Å². The third kappa shape index (κ3) is 6.33. The topological polar surface area (TPSA) is 49.4 Å². The summed E-state index contributed by atoms with van der Waals surface area (Å²) in [6.07, 6.45) is 2.88. The molecule has 3 aromatic rings. The van der Waals surface area contributed by atoms with Crippen LogP contribution in [-0.2, 0) is 22.6 Å². The lowest BCUT2D eigenvalue weighted by molar-refractivity contribution is -0.140. The van der Waals surface area contributed by atoms with Crippen LogP contribution < -0.4 is 5.32 Å². The lowest BCUT2D eigenvalue weighted by atomic mass is 10.0. The van der Waals surface area contributed by atoms with Crippen molar-refractivity contribution in [1.29, 1.82) is 0 Å². The molecule has 1 unspecified atom stereocenters. The van der Waals surface area contributed by atoms with Crippen LogP contribution in [0.2, 0.25) is 5.02 Å². The van der Waals surface area contributed by atoms with E-state index < -0.39 is 6.04 Å². The van der Waals surface area contributed by atoms with E-state index in [9.17, 15) is 9.59 Å². The minimum absolute atomic E-state index is 0.0453. The molecule has 0 spiro atoms. The van der Waals surface area contributed by atoms with Gasteiger partial charge in [0.15, 0.2) is 0 Å². The second-order valence-corrected chi connectivity index (χ2v) is 8.55. The average Bonchev–Trinajstić information content (AvgIpc) is 2.80. The Hall–Kier alpha value is -2.85. The van der Waals surface area contributed by atoms with Gasteiger partial charge in [-0.25, -0.2) is 0 Å². The van der Waals surface area contributed by atoms with E-state index in [4.69, 9.17) is 11.6 Å². The van der Waals surface area contributed by atoms with E-state index in [-0.39, 0.29) is 11.8 Å². The Morgan fingerprint density at radius 3 is 2.56 bits per heavy atom. The highest BCUT2D eigenvalue weighted by molar-refractivity contribution is 6.30. The van der Waals surface area contributed by atoms with Gasteiger partial charge in [0.05, 0.1) is 0 Å². The number of carbonyl (C=O) groups is 2. The van der Waals surface area contributed by atoms with Gasteiger partial charge in [0.1, 0.15) is 6.04 Å². The van der Waals surface area contributed by atoms with Crippen molar-refractivity contribution in [2.24, 2.45) is 0 Å². The fourth-order valence-electron chi connectivity index (χ4n) is 3.85. The predicted octanol–water partition coefficient (Wildman–Crippen LogP) is 5.76. The first kappa shape index (κ1) is 23.8. The number of hydrogen-bond acceptors (Lipinski definition) is 2. The van der Waals surface area contributed by atoms with E-state index in [0.29, 0.717) is 31.0 Å². The highest BCUT2D eigenvalue weighted by Gasteiger charge is 2.26. The molecule has 1 atom stereocenters. The molecule has 168 valence electrons. The Morgan fingerprint density at radius 1 is 1.03 bits per heavy atom. The second-order valence-electron chi connectivity index (χ2n) is 8.11. The molecule has 0 aromatic heterocycles. The third-order valence-electron chi connectivity index (χ3n) is 5.73. The number of fused-ring (bicyclic) bond motifs is 1. The molecule has 1 N–H and O–H groups in total. The van der Waals surface area contributed by atoms with Gasteiger partial charge in [0.2, 0.25) is 11.8 Å². The van der Waals surface area contributed by atoms with Gasteiger partial charge in [0.25, 0.3) is 0 Å². The van der Waals surface area contributed by atoms with Crippen LogP contribution in [0.25, 0.3) is 10.8 Å². The summed E-state index contributed by atoms with van der Waals surface area (Å²) in [6, 6.07) is 21.2. The quantitative estimate of drug-likeness (QED) is 0.399. The van der Waals surface area contributed by atoms with Gasteiger partial charge in [-0.2, -0.15) is 0 Å². The number of nitrogens with zero attached hydrogens (tertiary/aromatic N) is 1. The van der Waals surface area contributed by atoms with E-state index in [0.717, 1.165) is 34.7 Å². The van der Waals surface area contributed by atoms with Gasteiger partial charge in [0, 0.05) is 24.5 Å². The van der Waals surface area contributed by atoms with Crippen molar-refractivity contribution in [2.75, 3.05) is 6.54 Å². The molecule has 32 heavy (non-hydrogen) atoms. The highest BCUT2D eigenvalue weighted by Crippen LogP contribution is 2.21.